The lowest BCUT2D eigenvalue weighted by Crippen LogP contribution is -2.42. The minimum Gasteiger partial charge on any atom is -0.336 e. The fourth-order valence-corrected chi connectivity index (χ4v) is 6.06. The van der Waals surface area contributed by atoms with Crippen LogP contribution in [0.3, 0.4) is 0 Å². The van der Waals surface area contributed by atoms with E-state index in [2.05, 4.69) is 17.2 Å². The zero-order valence-corrected chi connectivity index (χ0v) is 20.1. The summed E-state index contributed by atoms with van der Waals surface area (Å²) in [6.45, 7) is 7.28. The number of hydrogen-bond acceptors (Lipinski definition) is 5. The second-order valence-electron chi connectivity index (χ2n) is 9.15. The lowest BCUT2D eigenvalue weighted by atomic mass is 10.0. The Balaban J connectivity index is 1.40. The molecule has 2 aromatic heterocycles. The molecule has 0 bridgehead atoms. The summed E-state index contributed by atoms with van der Waals surface area (Å²) in [7, 11) is 0. The third kappa shape index (κ3) is 3.76. The Labute approximate surface area is 196 Å². The van der Waals surface area contributed by atoms with E-state index in [0.29, 0.717) is 38.5 Å². The van der Waals surface area contributed by atoms with E-state index >= 15 is 0 Å². The van der Waals surface area contributed by atoms with Crippen molar-refractivity contribution in [1.29, 1.82) is 0 Å². The van der Waals surface area contributed by atoms with E-state index in [1.807, 2.05) is 24.8 Å². The van der Waals surface area contributed by atoms with Crippen molar-refractivity contribution < 1.29 is 9.59 Å². The smallest absolute Gasteiger partial charge is 0.266 e. The zero-order valence-electron chi connectivity index (χ0n) is 19.2. The van der Waals surface area contributed by atoms with Crippen LogP contribution in [0.25, 0.3) is 10.2 Å². The van der Waals surface area contributed by atoms with E-state index in [1.54, 1.807) is 16.7 Å². The van der Waals surface area contributed by atoms with Gasteiger partial charge in [-0.1, -0.05) is 0 Å². The number of nitrogens with zero attached hydrogens (tertiary/aromatic N) is 3. The van der Waals surface area contributed by atoms with Crippen molar-refractivity contribution in [2.24, 2.45) is 0 Å². The van der Waals surface area contributed by atoms with Gasteiger partial charge >= 0.3 is 0 Å². The van der Waals surface area contributed by atoms with Gasteiger partial charge in [-0.15, -0.1) is 11.3 Å². The number of aryl methyl sites for hydroxylation is 3. The number of hydrogen-bond donors (Lipinski definition) is 1. The molecule has 1 N–H and O–H groups in total. The number of benzene rings is 1. The van der Waals surface area contributed by atoms with Crippen LogP contribution in [0.1, 0.15) is 69.6 Å². The van der Waals surface area contributed by atoms with Crippen molar-refractivity contribution in [1.82, 2.24) is 14.5 Å². The molecule has 1 saturated heterocycles. The van der Waals surface area contributed by atoms with E-state index < -0.39 is 0 Å². The molecule has 172 valence electrons. The maximum absolute atomic E-state index is 13.1. The third-order valence-corrected chi connectivity index (χ3v) is 8.09. The Morgan fingerprint density at radius 2 is 1.97 bits per heavy atom. The summed E-state index contributed by atoms with van der Waals surface area (Å²) >= 11 is 1.27. The number of likely N-dealkylation sites (tertiary alicyclic amines) is 1. The van der Waals surface area contributed by atoms with Gasteiger partial charge in [0, 0.05) is 36.8 Å². The maximum Gasteiger partial charge on any atom is 0.266 e. The molecule has 4 heterocycles. The van der Waals surface area contributed by atoms with E-state index in [1.165, 1.54) is 11.3 Å². The molecule has 1 atom stereocenters. The highest BCUT2D eigenvalue weighted by Crippen LogP contribution is 2.30. The van der Waals surface area contributed by atoms with Crippen LogP contribution in [0.5, 0.6) is 0 Å². The fraction of sp³-hybridized carbons (Fsp3) is 0.440. The number of nitrogens with one attached hydrogen (secondary N) is 1. The molecule has 0 saturated carbocycles. The van der Waals surface area contributed by atoms with Crippen LogP contribution in [0.15, 0.2) is 23.0 Å². The molecule has 0 radical (unpaired) electrons. The van der Waals surface area contributed by atoms with Gasteiger partial charge in [0.1, 0.15) is 10.7 Å². The van der Waals surface area contributed by atoms with Crippen molar-refractivity contribution in [3.63, 3.8) is 0 Å². The van der Waals surface area contributed by atoms with Crippen LogP contribution < -0.4 is 10.9 Å². The maximum atomic E-state index is 13.1. The summed E-state index contributed by atoms with van der Waals surface area (Å²) < 4.78 is 1.73. The molecule has 2 amide bonds. The summed E-state index contributed by atoms with van der Waals surface area (Å²) in [6, 6.07) is 5.67. The summed E-state index contributed by atoms with van der Waals surface area (Å²) in [5.41, 5.74) is 2.76. The van der Waals surface area contributed by atoms with Gasteiger partial charge in [0.25, 0.3) is 17.4 Å². The van der Waals surface area contributed by atoms with Crippen LogP contribution in [-0.2, 0) is 13.0 Å². The predicted octanol–water partition coefficient (Wildman–Crippen LogP) is 4.29. The first-order chi connectivity index (χ1) is 15.8. The molecule has 2 aliphatic rings. The van der Waals surface area contributed by atoms with Gasteiger partial charge < -0.3 is 10.2 Å². The topological polar surface area (TPSA) is 84.3 Å². The number of aromatic nitrogens is 2. The molecule has 0 spiro atoms. The monoisotopic (exact) mass is 464 g/mol. The van der Waals surface area contributed by atoms with Gasteiger partial charge in [-0.05, 0) is 75.8 Å². The number of thiophene rings is 1. The molecule has 1 aromatic carbocycles. The Kier molecular flexibility index (Phi) is 5.56. The lowest BCUT2D eigenvalue weighted by Gasteiger charge is -2.33. The SMILES string of the molecule is Cc1cc(C(=O)N2CCCCC2C)ccc1NC(=O)c1sc2nc3n(c(=O)c2c1C)CCC3. The first-order valence-corrected chi connectivity index (χ1v) is 12.4. The molecule has 3 aromatic rings. The lowest BCUT2D eigenvalue weighted by molar-refractivity contribution is 0.0635. The number of carbonyl (C=O) groups is 2. The van der Waals surface area contributed by atoms with Crippen LogP contribution in [-0.4, -0.2) is 38.9 Å². The Hall–Kier alpha value is -3.00. The second-order valence-corrected chi connectivity index (χ2v) is 10.2. The number of anilines is 1. The number of piperidine rings is 1. The number of amides is 2. The van der Waals surface area contributed by atoms with Gasteiger partial charge in [0.2, 0.25) is 0 Å². The average molecular weight is 465 g/mol. The standard InChI is InChI=1S/C25H28N4O3S/c1-14-13-17(24(31)28-11-5-4-7-15(28)2)9-10-18(14)26-22(30)21-16(3)20-23(33-21)27-19-8-6-12-29(19)25(20)32/h9-10,13,15H,4-8,11-12H2,1-3H3,(H,26,30). The zero-order chi connectivity index (χ0) is 23.3. The molecule has 5 rings (SSSR count). The molecule has 1 unspecified atom stereocenters. The third-order valence-electron chi connectivity index (χ3n) is 6.90. The minimum absolute atomic E-state index is 0.0446. The Bertz CT molecular complexity index is 1340. The van der Waals surface area contributed by atoms with E-state index in [0.717, 1.165) is 50.0 Å². The quantitative estimate of drug-likeness (QED) is 0.627. The summed E-state index contributed by atoms with van der Waals surface area (Å²) in [4.78, 5) is 46.7. The van der Waals surface area contributed by atoms with Gasteiger partial charge in [-0.25, -0.2) is 4.98 Å². The number of fused-ring (bicyclic) bond motifs is 2. The minimum atomic E-state index is -0.258. The summed E-state index contributed by atoms with van der Waals surface area (Å²) in [5, 5.41) is 3.51. The first-order valence-electron chi connectivity index (χ1n) is 11.6. The molecular weight excluding hydrogens is 436 g/mol. The van der Waals surface area contributed by atoms with Gasteiger partial charge in [0.15, 0.2) is 0 Å². The Morgan fingerprint density at radius 3 is 2.73 bits per heavy atom. The fourth-order valence-electron chi connectivity index (χ4n) is 4.97. The van der Waals surface area contributed by atoms with Crippen LogP contribution in [0, 0.1) is 13.8 Å². The van der Waals surface area contributed by atoms with Crippen molar-refractivity contribution in [3.05, 3.63) is 55.9 Å². The largest absolute Gasteiger partial charge is 0.336 e. The van der Waals surface area contributed by atoms with E-state index in [-0.39, 0.29) is 23.4 Å². The van der Waals surface area contributed by atoms with Crippen molar-refractivity contribution in [3.8, 4) is 0 Å². The predicted molar refractivity (Wildman–Crippen MR) is 130 cm³/mol. The highest BCUT2D eigenvalue weighted by molar-refractivity contribution is 7.20. The molecule has 33 heavy (non-hydrogen) atoms. The van der Waals surface area contributed by atoms with Crippen LogP contribution in [0.2, 0.25) is 0 Å². The van der Waals surface area contributed by atoms with Gasteiger partial charge in [-0.3, -0.25) is 19.0 Å². The average Bonchev–Trinajstić information content (AvgIpc) is 3.40. The molecular formula is C25H28N4O3S. The molecule has 7 nitrogen and oxygen atoms in total. The normalized spacial score (nSPS) is 17.9. The highest BCUT2D eigenvalue weighted by atomic mass is 32.1. The number of carbonyl (C=O) groups excluding carboxylic acids is 2. The molecule has 2 aliphatic heterocycles. The number of rotatable bonds is 3. The van der Waals surface area contributed by atoms with Crippen LogP contribution >= 0.6 is 11.3 Å². The summed E-state index contributed by atoms with van der Waals surface area (Å²) in [6.07, 6.45) is 4.97. The summed E-state index contributed by atoms with van der Waals surface area (Å²) in [5.74, 6) is 0.592. The molecule has 0 aliphatic carbocycles. The van der Waals surface area contributed by atoms with Crippen molar-refractivity contribution in [2.45, 2.75) is 65.5 Å². The highest BCUT2D eigenvalue weighted by Gasteiger charge is 2.26. The second kappa shape index (κ2) is 8.41. The van der Waals surface area contributed by atoms with E-state index in [9.17, 15) is 14.4 Å². The Morgan fingerprint density at radius 1 is 1.15 bits per heavy atom. The first kappa shape index (κ1) is 21.8. The van der Waals surface area contributed by atoms with Crippen molar-refractivity contribution >= 4 is 39.1 Å². The van der Waals surface area contributed by atoms with Gasteiger partial charge in [-0.2, -0.15) is 0 Å². The molecule has 8 heteroatoms. The molecule has 1 fully saturated rings. The van der Waals surface area contributed by atoms with Gasteiger partial charge in [0.05, 0.1) is 10.3 Å². The van der Waals surface area contributed by atoms with Crippen LogP contribution in [0.4, 0.5) is 5.69 Å². The van der Waals surface area contributed by atoms with E-state index in [4.69, 9.17) is 0 Å². The van der Waals surface area contributed by atoms with Crippen molar-refractivity contribution in [2.75, 3.05) is 11.9 Å².